The summed E-state index contributed by atoms with van der Waals surface area (Å²) in [6, 6.07) is 5.85. The molecule has 3 nitrogen and oxygen atoms in total. The molecular formula is C13H18O3. The summed E-state index contributed by atoms with van der Waals surface area (Å²) < 4.78 is 4.55. The van der Waals surface area contributed by atoms with Gasteiger partial charge in [0.1, 0.15) is 0 Å². The third kappa shape index (κ3) is 2.61. The number of benzene rings is 1. The highest BCUT2D eigenvalue weighted by molar-refractivity contribution is 5.76. The molecule has 0 saturated heterocycles. The Labute approximate surface area is 96.1 Å². The van der Waals surface area contributed by atoms with Gasteiger partial charge < -0.3 is 9.84 Å². The van der Waals surface area contributed by atoms with Crippen LogP contribution in [0.2, 0.25) is 0 Å². The maximum atomic E-state index is 11.3. The van der Waals surface area contributed by atoms with Gasteiger partial charge in [-0.15, -0.1) is 0 Å². The standard InChI is InChI=1S/C13H18O3/c1-4-9-6-7-10(5-2)11(8-9)12(14)13(15)16-3/h6-8,12,14H,4-5H2,1-3H3. The predicted octanol–water partition coefficient (Wildman–Crippen LogP) is 2.02. The molecule has 3 heteroatoms. The van der Waals surface area contributed by atoms with Crippen LogP contribution in [0.15, 0.2) is 18.2 Å². The summed E-state index contributed by atoms with van der Waals surface area (Å²) in [5, 5.41) is 9.85. The zero-order chi connectivity index (χ0) is 12.1. The first-order valence-electron chi connectivity index (χ1n) is 5.51. The van der Waals surface area contributed by atoms with Crippen LogP contribution in [0.5, 0.6) is 0 Å². The molecule has 0 fully saturated rings. The number of aliphatic hydroxyl groups excluding tert-OH is 1. The molecule has 1 rings (SSSR count). The highest BCUT2D eigenvalue weighted by Gasteiger charge is 2.20. The minimum absolute atomic E-state index is 0.608. The molecule has 16 heavy (non-hydrogen) atoms. The maximum Gasteiger partial charge on any atom is 0.339 e. The number of esters is 1. The number of rotatable bonds is 4. The Kier molecular flexibility index (Phi) is 4.50. The molecule has 1 N–H and O–H groups in total. The van der Waals surface area contributed by atoms with Crippen LogP contribution < -0.4 is 0 Å². The maximum absolute atomic E-state index is 11.3. The molecule has 1 unspecified atom stereocenters. The van der Waals surface area contributed by atoms with Crippen LogP contribution in [0.25, 0.3) is 0 Å². The van der Waals surface area contributed by atoms with Crippen molar-refractivity contribution in [3.8, 4) is 0 Å². The molecule has 1 aromatic rings. The van der Waals surface area contributed by atoms with E-state index >= 15 is 0 Å². The van der Waals surface area contributed by atoms with Gasteiger partial charge in [0, 0.05) is 0 Å². The molecule has 1 atom stereocenters. The number of carbonyl (C=O) groups excluding carboxylic acids is 1. The summed E-state index contributed by atoms with van der Waals surface area (Å²) in [5.41, 5.74) is 2.75. The van der Waals surface area contributed by atoms with Gasteiger partial charge in [0.2, 0.25) is 0 Å². The topological polar surface area (TPSA) is 46.5 Å². The van der Waals surface area contributed by atoms with Gasteiger partial charge >= 0.3 is 5.97 Å². The van der Waals surface area contributed by atoms with Crippen LogP contribution in [0.4, 0.5) is 0 Å². The summed E-state index contributed by atoms with van der Waals surface area (Å²) in [4.78, 5) is 11.3. The first kappa shape index (κ1) is 12.7. The van der Waals surface area contributed by atoms with E-state index in [0.29, 0.717) is 5.56 Å². The minimum Gasteiger partial charge on any atom is -0.467 e. The lowest BCUT2D eigenvalue weighted by atomic mass is 9.97. The van der Waals surface area contributed by atoms with Gasteiger partial charge in [-0.3, -0.25) is 0 Å². The van der Waals surface area contributed by atoms with Gasteiger partial charge in [-0.05, 0) is 29.5 Å². The Morgan fingerprint density at radius 2 is 2.06 bits per heavy atom. The number of ether oxygens (including phenoxy) is 1. The molecular weight excluding hydrogens is 204 g/mol. The van der Waals surface area contributed by atoms with E-state index in [9.17, 15) is 9.90 Å². The largest absolute Gasteiger partial charge is 0.467 e. The highest BCUT2D eigenvalue weighted by Crippen LogP contribution is 2.22. The third-order valence-corrected chi connectivity index (χ3v) is 2.72. The van der Waals surface area contributed by atoms with Crippen LogP contribution in [-0.2, 0) is 22.4 Å². The Morgan fingerprint density at radius 3 is 2.56 bits per heavy atom. The summed E-state index contributed by atoms with van der Waals surface area (Å²) in [6.45, 7) is 4.03. The van der Waals surface area contributed by atoms with Crippen molar-refractivity contribution in [2.75, 3.05) is 7.11 Å². The molecule has 0 radical (unpaired) electrons. The first-order chi connectivity index (χ1) is 7.63. The van der Waals surface area contributed by atoms with E-state index in [1.807, 2.05) is 32.0 Å². The second-order valence-electron chi connectivity index (χ2n) is 3.67. The average molecular weight is 222 g/mol. The zero-order valence-corrected chi connectivity index (χ0v) is 9.99. The Morgan fingerprint density at radius 1 is 1.38 bits per heavy atom. The van der Waals surface area contributed by atoms with Gasteiger partial charge in [0.25, 0.3) is 0 Å². The van der Waals surface area contributed by atoms with Crippen molar-refractivity contribution in [2.24, 2.45) is 0 Å². The normalized spacial score (nSPS) is 12.2. The van der Waals surface area contributed by atoms with Crippen LogP contribution >= 0.6 is 0 Å². The average Bonchev–Trinajstić information content (AvgIpc) is 2.35. The fraction of sp³-hybridized carbons (Fsp3) is 0.462. The zero-order valence-electron chi connectivity index (χ0n) is 9.99. The van der Waals surface area contributed by atoms with Crippen molar-refractivity contribution in [3.63, 3.8) is 0 Å². The van der Waals surface area contributed by atoms with Crippen molar-refractivity contribution in [3.05, 3.63) is 34.9 Å². The Hall–Kier alpha value is -1.35. The lowest BCUT2D eigenvalue weighted by Crippen LogP contribution is -2.15. The molecule has 0 aromatic heterocycles. The van der Waals surface area contributed by atoms with Gasteiger partial charge in [-0.2, -0.15) is 0 Å². The Balaban J connectivity index is 3.12. The van der Waals surface area contributed by atoms with E-state index in [-0.39, 0.29) is 0 Å². The summed E-state index contributed by atoms with van der Waals surface area (Å²) in [5.74, 6) is -0.608. The smallest absolute Gasteiger partial charge is 0.339 e. The fourth-order valence-electron chi connectivity index (χ4n) is 1.68. The number of hydrogen-bond donors (Lipinski definition) is 1. The number of methoxy groups -OCH3 is 1. The molecule has 1 aromatic carbocycles. The summed E-state index contributed by atoms with van der Waals surface area (Å²) in [7, 11) is 1.28. The van der Waals surface area contributed by atoms with Crippen LogP contribution in [0, 0.1) is 0 Å². The molecule has 0 amide bonds. The van der Waals surface area contributed by atoms with Gasteiger partial charge in [0.05, 0.1) is 7.11 Å². The summed E-state index contributed by atoms with van der Waals surface area (Å²) in [6.07, 6.45) is 0.490. The fourth-order valence-corrected chi connectivity index (χ4v) is 1.68. The third-order valence-electron chi connectivity index (χ3n) is 2.72. The monoisotopic (exact) mass is 222 g/mol. The quantitative estimate of drug-likeness (QED) is 0.793. The summed E-state index contributed by atoms with van der Waals surface area (Å²) >= 11 is 0. The molecule has 0 spiro atoms. The first-order valence-corrected chi connectivity index (χ1v) is 5.51. The van der Waals surface area contributed by atoms with Gasteiger partial charge in [0.15, 0.2) is 6.10 Å². The van der Waals surface area contributed by atoms with Crippen molar-refractivity contribution in [1.82, 2.24) is 0 Å². The second kappa shape index (κ2) is 5.66. The van der Waals surface area contributed by atoms with Crippen molar-refractivity contribution in [1.29, 1.82) is 0 Å². The van der Waals surface area contributed by atoms with E-state index in [4.69, 9.17) is 0 Å². The minimum atomic E-state index is -1.17. The second-order valence-corrected chi connectivity index (χ2v) is 3.67. The number of aryl methyl sites for hydroxylation is 2. The van der Waals surface area contributed by atoms with Gasteiger partial charge in [-0.25, -0.2) is 4.79 Å². The molecule has 0 aliphatic heterocycles. The molecule has 0 heterocycles. The molecule has 0 saturated carbocycles. The number of carbonyl (C=O) groups is 1. The van der Waals surface area contributed by atoms with E-state index in [1.54, 1.807) is 0 Å². The Bertz CT molecular complexity index is 371. The molecule has 0 bridgehead atoms. The van der Waals surface area contributed by atoms with E-state index in [1.165, 1.54) is 7.11 Å². The van der Waals surface area contributed by atoms with Crippen molar-refractivity contribution < 1.29 is 14.6 Å². The molecule has 88 valence electrons. The van der Waals surface area contributed by atoms with E-state index in [2.05, 4.69) is 4.74 Å². The highest BCUT2D eigenvalue weighted by atomic mass is 16.5. The van der Waals surface area contributed by atoms with Crippen LogP contribution in [-0.4, -0.2) is 18.2 Å². The molecule has 0 aliphatic rings. The van der Waals surface area contributed by atoms with E-state index < -0.39 is 12.1 Å². The SMILES string of the molecule is CCc1ccc(CC)c(C(O)C(=O)OC)c1. The van der Waals surface area contributed by atoms with Crippen LogP contribution in [0.1, 0.15) is 36.6 Å². The van der Waals surface area contributed by atoms with Crippen LogP contribution in [0.3, 0.4) is 0 Å². The van der Waals surface area contributed by atoms with Crippen molar-refractivity contribution >= 4 is 5.97 Å². The number of aliphatic hydroxyl groups is 1. The van der Waals surface area contributed by atoms with Crippen molar-refractivity contribution in [2.45, 2.75) is 32.8 Å². The van der Waals surface area contributed by atoms with Gasteiger partial charge in [-0.1, -0.05) is 32.0 Å². The lowest BCUT2D eigenvalue weighted by Gasteiger charge is -2.14. The van der Waals surface area contributed by atoms with E-state index in [0.717, 1.165) is 24.0 Å². The lowest BCUT2D eigenvalue weighted by molar-refractivity contribution is -0.150. The molecule has 0 aliphatic carbocycles. The number of hydrogen-bond acceptors (Lipinski definition) is 3. The predicted molar refractivity (Wildman–Crippen MR) is 62.2 cm³/mol.